The number of morpholine rings is 1. The van der Waals surface area contributed by atoms with Gasteiger partial charge in [-0.25, -0.2) is 19.0 Å². The van der Waals surface area contributed by atoms with Crippen molar-refractivity contribution in [3.05, 3.63) is 36.7 Å². The highest BCUT2D eigenvalue weighted by atomic mass is 35.5. The molecule has 0 spiro atoms. The number of halogens is 2. The van der Waals surface area contributed by atoms with Crippen LogP contribution in [0, 0.1) is 5.82 Å². The van der Waals surface area contributed by atoms with Gasteiger partial charge in [0.2, 0.25) is 0 Å². The highest BCUT2D eigenvalue weighted by molar-refractivity contribution is 7.22. The molecule has 0 unspecified atom stereocenters. The molecule has 2 aromatic heterocycles. The minimum atomic E-state index is -0.378. The van der Waals surface area contributed by atoms with E-state index in [0.717, 1.165) is 44.0 Å². The number of aromatic nitrogens is 4. The molecule has 8 nitrogen and oxygen atoms in total. The third kappa shape index (κ3) is 5.27. The SMILES string of the molecule is Cl.O=C(Cn1cncn1)N(CCCN1CCOCC1)c1nc2c(F)cccc2s1. The summed E-state index contributed by atoms with van der Waals surface area (Å²) in [7, 11) is 0. The number of fused-ring (bicyclic) bond motifs is 1. The zero-order valence-electron chi connectivity index (χ0n) is 15.7. The normalized spacial score (nSPS) is 14.7. The van der Waals surface area contributed by atoms with Gasteiger partial charge in [0.15, 0.2) is 5.13 Å². The topological polar surface area (TPSA) is 76.4 Å². The molecule has 29 heavy (non-hydrogen) atoms. The minimum Gasteiger partial charge on any atom is -0.379 e. The van der Waals surface area contributed by atoms with Gasteiger partial charge in [-0.1, -0.05) is 17.4 Å². The molecule has 1 aromatic carbocycles. The predicted molar refractivity (Wildman–Crippen MR) is 111 cm³/mol. The molecule has 0 atom stereocenters. The maximum atomic E-state index is 14.1. The number of carbonyl (C=O) groups excluding carboxylic acids is 1. The molecule has 4 rings (SSSR count). The van der Waals surface area contributed by atoms with Gasteiger partial charge in [0, 0.05) is 26.2 Å². The lowest BCUT2D eigenvalue weighted by molar-refractivity contribution is -0.119. The van der Waals surface area contributed by atoms with Gasteiger partial charge in [-0.2, -0.15) is 5.10 Å². The molecule has 1 saturated heterocycles. The van der Waals surface area contributed by atoms with Crippen LogP contribution in [0.3, 0.4) is 0 Å². The van der Waals surface area contributed by atoms with Crippen LogP contribution in [-0.2, 0) is 16.1 Å². The lowest BCUT2D eigenvalue weighted by Gasteiger charge is -2.27. The fourth-order valence-electron chi connectivity index (χ4n) is 3.16. The van der Waals surface area contributed by atoms with E-state index in [1.807, 2.05) is 6.07 Å². The van der Waals surface area contributed by atoms with Crippen molar-refractivity contribution in [1.29, 1.82) is 0 Å². The molecule has 1 amide bonds. The number of thiazole rings is 1. The monoisotopic (exact) mass is 440 g/mol. The number of hydrogen-bond donors (Lipinski definition) is 0. The van der Waals surface area contributed by atoms with Crippen molar-refractivity contribution in [2.45, 2.75) is 13.0 Å². The van der Waals surface area contributed by atoms with Crippen LogP contribution in [0.5, 0.6) is 0 Å². The molecular weight excluding hydrogens is 419 g/mol. The third-order valence-corrected chi connectivity index (χ3v) is 5.66. The second-order valence-electron chi connectivity index (χ2n) is 6.53. The molecule has 0 radical (unpaired) electrons. The number of carbonyl (C=O) groups is 1. The number of ether oxygens (including phenoxy) is 1. The summed E-state index contributed by atoms with van der Waals surface area (Å²) in [5.74, 6) is -0.524. The van der Waals surface area contributed by atoms with Gasteiger partial charge in [-0.05, 0) is 18.6 Å². The summed E-state index contributed by atoms with van der Waals surface area (Å²) in [4.78, 5) is 25.2. The summed E-state index contributed by atoms with van der Waals surface area (Å²) in [6, 6.07) is 4.85. The smallest absolute Gasteiger partial charge is 0.250 e. The number of rotatable bonds is 7. The van der Waals surface area contributed by atoms with E-state index in [4.69, 9.17) is 4.74 Å². The van der Waals surface area contributed by atoms with Crippen molar-refractivity contribution in [2.24, 2.45) is 0 Å². The first-order chi connectivity index (χ1) is 13.7. The average Bonchev–Trinajstić information content (AvgIpc) is 3.36. The van der Waals surface area contributed by atoms with Gasteiger partial charge in [-0.15, -0.1) is 12.4 Å². The van der Waals surface area contributed by atoms with E-state index in [0.29, 0.717) is 17.2 Å². The Hall–Kier alpha value is -2.14. The van der Waals surface area contributed by atoms with Gasteiger partial charge in [-0.3, -0.25) is 14.6 Å². The maximum absolute atomic E-state index is 14.1. The molecule has 0 bridgehead atoms. The van der Waals surface area contributed by atoms with E-state index < -0.39 is 0 Å². The number of amides is 1. The summed E-state index contributed by atoms with van der Waals surface area (Å²) in [6.45, 7) is 4.73. The average molecular weight is 441 g/mol. The number of hydrogen-bond acceptors (Lipinski definition) is 7. The largest absolute Gasteiger partial charge is 0.379 e. The Kier molecular flexibility index (Phi) is 7.48. The van der Waals surface area contributed by atoms with E-state index in [2.05, 4.69) is 20.0 Å². The lowest BCUT2D eigenvalue weighted by Crippen LogP contribution is -2.40. The number of anilines is 1. The van der Waals surface area contributed by atoms with Crippen molar-refractivity contribution < 1.29 is 13.9 Å². The van der Waals surface area contributed by atoms with E-state index >= 15 is 0 Å². The zero-order chi connectivity index (χ0) is 19.3. The fourth-order valence-corrected chi connectivity index (χ4v) is 4.18. The second-order valence-corrected chi connectivity index (χ2v) is 7.54. The molecule has 11 heteroatoms. The van der Waals surface area contributed by atoms with Gasteiger partial charge in [0.05, 0.1) is 17.9 Å². The number of benzene rings is 1. The van der Waals surface area contributed by atoms with E-state index in [1.165, 1.54) is 34.7 Å². The molecule has 156 valence electrons. The highest BCUT2D eigenvalue weighted by Crippen LogP contribution is 2.30. The van der Waals surface area contributed by atoms with Crippen LogP contribution in [0.2, 0.25) is 0 Å². The van der Waals surface area contributed by atoms with Gasteiger partial charge in [0.25, 0.3) is 5.91 Å². The highest BCUT2D eigenvalue weighted by Gasteiger charge is 2.22. The van der Waals surface area contributed by atoms with Crippen LogP contribution in [0.1, 0.15) is 6.42 Å². The van der Waals surface area contributed by atoms with Gasteiger partial charge >= 0.3 is 0 Å². The quantitative estimate of drug-likeness (QED) is 0.560. The first-order valence-electron chi connectivity index (χ1n) is 9.18. The standard InChI is InChI=1S/C18H21FN6O2S.ClH/c19-14-3-1-4-15-17(14)22-18(28-15)25(16(26)11-24-13-20-12-21-24)6-2-5-23-7-9-27-10-8-23;/h1,3-4,12-13H,2,5-11H2;1H. The molecule has 1 aliphatic heterocycles. The Balaban J connectivity index is 0.00000240. The summed E-state index contributed by atoms with van der Waals surface area (Å²) in [5.41, 5.74) is 0.300. The Morgan fingerprint density at radius 2 is 2.14 bits per heavy atom. The second kappa shape index (κ2) is 10.1. The predicted octanol–water partition coefficient (Wildman–Crippen LogP) is 2.20. The maximum Gasteiger partial charge on any atom is 0.250 e. The first-order valence-corrected chi connectivity index (χ1v) is 10.0. The van der Waals surface area contributed by atoms with Crippen molar-refractivity contribution >= 4 is 45.0 Å². The summed E-state index contributed by atoms with van der Waals surface area (Å²) < 4.78 is 21.6. The summed E-state index contributed by atoms with van der Waals surface area (Å²) in [5, 5.41) is 4.51. The Morgan fingerprint density at radius 3 is 2.86 bits per heavy atom. The molecule has 0 aliphatic carbocycles. The van der Waals surface area contributed by atoms with E-state index in [1.54, 1.807) is 11.0 Å². The van der Waals surface area contributed by atoms with Crippen molar-refractivity contribution in [2.75, 3.05) is 44.3 Å². The van der Waals surface area contributed by atoms with Crippen molar-refractivity contribution in [1.82, 2.24) is 24.6 Å². The minimum absolute atomic E-state index is 0. The van der Waals surface area contributed by atoms with Crippen molar-refractivity contribution in [3.63, 3.8) is 0 Å². The Bertz CT molecular complexity index is 932. The molecule has 3 heterocycles. The third-order valence-electron chi connectivity index (χ3n) is 4.61. The van der Waals surface area contributed by atoms with Crippen LogP contribution in [-0.4, -0.2) is 69.9 Å². The van der Waals surface area contributed by atoms with Crippen LogP contribution in [0.4, 0.5) is 9.52 Å². The summed E-state index contributed by atoms with van der Waals surface area (Å²) in [6.07, 6.45) is 3.69. The van der Waals surface area contributed by atoms with Gasteiger partial charge < -0.3 is 4.74 Å². The molecule has 0 saturated carbocycles. The van der Waals surface area contributed by atoms with Crippen molar-refractivity contribution in [3.8, 4) is 0 Å². The first kappa shape index (κ1) is 21.6. The molecule has 0 N–H and O–H groups in total. The summed E-state index contributed by atoms with van der Waals surface area (Å²) >= 11 is 1.32. The fraction of sp³-hybridized carbons (Fsp3) is 0.444. The number of nitrogens with zero attached hydrogens (tertiary/aromatic N) is 6. The molecule has 3 aromatic rings. The zero-order valence-corrected chi connectivity index (χ0v) is 17.4. The lowest BCUT2D eigenvalue weighted by atomic mass is 10.3. The van der Waals surface area contributed by atoms with E-state index in [-0.39, 0.29) is 30.7 Å². The van der Waals surface area contributed by atoms with Crippen LogP contribution >= 0.6 is 23.7 Å². The molecular formula is C18H22ClFN6O2S. The molecule has 1 fully saturated rings. The number of para-hydroxylation sites is 1. The Labute approximate surface area is 177 Å². The molecule has 1 aliphatic rings. The van der Waals surface area contributed by atoms with Crippen LogP contribution < -0.4 is 4.90 Å². The van der Waals surface area contributed by atoms with Gasteiger partial charge in [0.1, 0.15) is 30.5 Å². The van der Waals surface area contributed by atoms with Crippen LogP contribution in [0.25, 0.3) is 10.2 Å². The Morgan fingerprint density at radius 1 is 1.31 bits per heavy atom. The van der Waals surface area contributed by atoms with E-state index in [9.17, 15) is 9.18 Å². The van der Waals surface area contributed by atoms with Crippen LogP contribution in [0.15, 0.2) is 30.9 Å².